The highest BCUT2D eigenvalue weighted by Gasteiger charge is 2.20. The normalized spacial score (nSPS) is 11.9. The Balaban J connectivity index is 1.73. The third kappa shape index (κ3) is 5.64. The second-order valence-electron chi connectivity index (χ2n) is 6.85. The van der Waals surface area contributed by atoms with Crippen LogP contribution in [0.5, 0.6) is 17.2 Å². The number of ether oxygens (including phenoxy) is 3. The number of carbonyl (C=O) groups is 2. The van der Waals surface area contributed by atoms with Crippen LogP contribution in [0.3, 0.4) is 0 Å². The van der Waals surface area contributed by atoms with E-state index in [4.69, 9.17) is 14.2 Å². The van der Waals surface area contributed by atoms with Gasteiger partial charge in [0.25, 0.3) is 5.91 Å². The van der Waals surface area contributed by atoms with Gasteiger partial charge in [-0.25, -0.2) is 5.43 Å². The summed E-state index contributed by atoms with van der Waals surface area (Å²) in [7, 11) is 1.53. The minimum atomic E-state index is -0.747. The van der Waals surface area contributed by atoms with Crippen molar-refractivity contribution in [2.75, 3.05) is 7.11 Å². The minimum absolute atomic E-state index is 0.305. The zero-order chi connectivity index (χ0) is 23.1. The number of hydrazone groups is 1. The van der Waals surface area contributed by atoms with Crippen molar-refractivity contribution in [3.05, 3.63) is 64.6 Å². The lowest BCUT2D eigenvalue weighted by atomic mass is 10.1. The van der Waals surface area contributed by atoms with E-state index in [9.17, 15) is 9.59 Å². The number of nitrogens with one attached hydrogen (secondary N) is 1. The van der Waals surface area contributed by atoms with Gasteiger partial charge in [0, 0.05) is 12.5 Å². The van der Waals surface area contributed by atoms with Gasteiger partial charge in [-0.15, -0.1) is 0 Å². The minimum Gasteiger partial charge on any atom is -0.497 e. The molecule has 0 bridgehead atoms. The van der Waals surface area contributed by atoms with Crippen LogP contribution >= 0.6 is 15.9 Å². The number of hydrogen-bond acceptors (Lipinski definition) is 6. The number of fused-ring (bicyclic) bond motifs is 1. The van der Waals surface area contributed by atoms with Crippen LogP contribution in [0.1, 0.15) is 25.8 Å². The lowest BCUT2D eigenvalue weighted by Gasteiger charge is -2.17. The number of methoxy groups -OCH3 is 1. The number of rotatable bonds is 8. The van der Waals surface area contributed by atoms with Crippen molar-refractivity contribution in [1.82, 2.24) is 5.43 Å². The smallest absolute Gasteiger partial charge is 0.308 e. The monoisotopic (exact) mass is 498 g/mol. The molecule has 0 unspecified atom stereocenters. The molecule has 0 aliphatic rings. The molecule has 0 heterocycles. The van der Waals surface area contributed by atoms with Crippen molar-refractivity contribution in [3.63, 3.8) is 0 Å². The van der Waals surface area contributed by atoms with Gasteiger partial charge in [0.2, 0.25) is 0 Å². The average molecular weight is 499 g/mol. The van der Waals surface area contributed by atoms with Crippen molar-refractivity contribution < 1.29 is 23.8 Å². The molecule has 0 aromatic heterocycles. The number of amides is 1. The summed E-state index contributed by atoms with van der Waals surface area (Å²) in [5.74, 6) is 0.568. The first-order chi connectivity index (χ1) is 15.4. The highest BCUT2D eigenvalue weighted by Crippen LogP contribution is 2.34. The van der Waals surface area contributed by atoms with Gasteiger partial charge in [0.05, 0.1) is 17.8 Å². The van der Waals surface area contributed by atoms with E-state index in [0.717, 1.165) is 15.2 Å². The maximum absolute atomic E-state index is 12.7. The lowest BCUT2D eigenvalue weighted by molar-refractivity contribution is -0.132. The van der Waals surface area contributed by atoms with Crippen LogP contribution in [-0.2, 0) is 9.59 Å². The molecule has 0 aliphatic heterocycles. The molecule has 0 aliphatic carbocycles. The van der Waals surface area contributed by atoms with Crippen LogP contribution in [0.2, 0.25) is 0 Å². The summed E-state index contributed by atoms with van der Waals surface area (Å²) in [6.45, 7) is 3.16. The summed E-state index contributed by atoms with van der Waals surface area (Å²) in [6, 6.07) is 16.6. The molecule has 7 nitrogen and oxygen atoms in total. The van der Waals surface area contributed by atoms with Gasteiger partial charge in [0.15, 0.2) is 6.10 Å². The molecule has 1 amide bonds. The van der Waals surface area contributed by atoms with Crippen molar-refractivity contribution in [2.45, 2.75) is 26.4 Å². The fourth-order valence-electron chi connectivity index (χ4n) is 3.02. The first-order valence-corrected chi connectivity index (χ1v) is 10.8. The molecule has 3 aromatic rings. The van der Waals surface area contributed by atoms with Crippen molar-refractivity contribution in [3.8, 4) is 17.2 Å². The third-order valence-electron chi connectivity index (χ3n) is 4.61. The van der Waals surface area contributed by atoms with E-state index in [1.807, 2.05) is 43.3 Å². The molecular formula is C24H23BrN2O5. The Bertz CT molecular complexity index is 1160. The molecule has 1 N–H and O–H groups in total. The molecule has 3 aromatic carbocycles. The number of benzene rings is 3. The van der Waals surface area contributed by atoms with Gasteiger partial charge in [-0.1, -0.05) is 37.3 Å². The SMILES string of the molecule is CC[C@@H](Oc1ccc2ccccc2c1Br)C(=O)N/N=C\c1cc(OC)ccc1OC(C)=O. The second kappa shape index (κ2) is 10.8. The molecule has 0 saturated heterocycles. The van der Waals surface area contributed by atoms with E-state index < -0.39 is 18.0 Å². The van der Waals surface area contributed by atoms with E-state index in [2.05, 4.69) is 26.5 Å². The Morgan fingerprint density at radius 3 is 2.59 bits per heavy atom. The number of halogens is 1. The molecule has 8 heteroatoms. The van der Waals surface area contributed by atoms with Crippen LogP contribution in [0.15, 0.2) is 64.2 Å². The fraction of sp³-hybridized carbons (Fsp3) is 0.208. The highest BCUT2D eigenvalue weighted by molar-refractivity contribution is 9.10. The number of carbonyl (C=O) groups excluding carboxylic acids is 2. The topological polar surface area (TPSA) is 86.2 Å². The summed E-state index contributed by atoms with van der Waals surface area (Å²) in [5.41, 5.74) is 2.96. The summed E-state index contributed by atoms with van der Waals surface area (Å²) >= 11 is 3.57. The quantitative estimate of drug-likeness (QED) is 0.207. The Morgan fingerprint density at radius 2 is 1.88 bits per heavy atom. The molecule has 0 radical (unpaired) electrons. The van der Waals surface area contributed by atoms with Crippen LogP contribution in [0.4, 0.5) is 0 Å². The van der Waals surface area contributed by atoms with Crippen molar-refractivity contribution in [1.29, 1.82) is 0 Å². The second-order valence-corrected chi connectivity index (χ2v) is 7.64. The molecule has 0 saturated carbocycles. The first-order valence-electron chi connectivity index (χ1n) is 9.96. The Kier molecular flexibility index (Phi) is 7.83. The van der Waals surface area contributed by atoms with Gasteiger partial charge >= 0.3 is 5.97 Å². The molecule has 1 atom stereocenters. The summed E-state index contributed by atoms with van der Waals surface area (Å²) in [5, 5.41) is 6.06. The van der Waals surface area contributed by atoms with E-state index in [-0.39, 0.29) is 0 Å². The average Bonchev–Trinajstić information content (AvgIpc) is 2.79. The number of hydrogen-bond donors (Lipinski definition) is 1. The number of esters is 1. The van der Waals surface area contributed by atoms with Gasteiger partial charge < -0.3 is 14.2 Å². The van der Waals surface area contributed by atoms with Crippen molar-refractivity contribution in [2.24, 2.45) is 5.10 Å². The van der Waals surface area contributed by atoms with Gasteiger partial charge in [0.1, 0.15) is 17.2 Å². The Hall–Kier alpha value is -3.39. The molecule has 0 fully saturated rings. The van der Waals surface area contributed by atoms with Gasteiger partial charge in [-0.3, -0.25) is 9.59 Å². The maximum Gasteiger partial charge on any atom is 0.308 e. The van der Waals surface area contributed by atoms with E-state index in [1.165, 1.54) is 20.2 Å². The van der Waals surface area contributed by atoms with Crippen LogP contribution in [0, 0.1) is 0 Å². The Morgan fingerprint density at radius 1 is 1.12 bits per heavy atom. The van der Waals surface area contributed by atoms with Gasteiger partial charge in [-0.05, 0) is 57.4 Å². The van der Waals surface area contributed by atoms with Crippen LogP contribution in [0.25, 0.3) is 10.8 Å². The molecular weight excluding hydrogens is 476 g/mol. The van der Waals surface area contributed by atoms with Gasteiger partial charge in [-0.2, -0.15) is 5.10 Å². The first kappa shape index (κ1) is 23.3. The standard InChI is InChI=1S/C24H23BrN2O5/c1-4-20(32-22-11-9-16-7-5-6-8-19(16)23(22)25)24(29)27-26-14-17-13-18(30-3)10-12-21(17)31-15(2)28/h5-14,20H,4H2,1-3H3,(H,27,29)/b26-14-/t20-/m1/s1. The molecule has 32 heavy (non-hydrogen) atoms. The van der Waals surface area contributed by atoms with Crippen molar-refractivity contribution >= 4 is 44.8 Å². The van der Waals surface area contributed by atoms with E-state index in [1.54, 1.807) is 18.2 Å². The predicted molar refractivity (Wildman–Crippen MR) is 126 cm³/mol. The van der Waals surface area contributed by atoms with E-state index >= 15 is 0 Å². The Labute approximate surface area is 194 Å². The molecule has 3 rings (SSSR count). The zero-order valence-electron chi connectivity index (χ0n) is 17.9. The predicted octanol–water partition coefficient (Wildman–Crippen LogP) is 4.84. The molecule has 0 spiro atoms. The largest absolute Gasteiger partial charge is 0.497 e. The third-order valence-corrected chi connectivity index (χ3v) is 5.43. The summed E-state index contributed by atoms with van der Waals surface area (Å²) in [6.07, 6.45) is 1.08. The lowest BCUT2D eigenvalue weighted by Crippen LogP contribution is -2.35. The van der Waals surface area contributed by atoms with Crippen LogP contribution < -0.4 is 19.6 Å². The van der Waals surface area contributed by atoms with E-state index in [0.29, 0.717) is 29.2 Å². The zero-order valence-corrected chi connectivity index (χ0v) is 19.5. The highest BCUT2D eigenvalue weighted by atomic mass is 79.9. The summed E-state index contributed by atoms with van der Waals surface area (Å²) in [4.78, 5) is 24.0. The summed E-state index contributed by atoms with van der Waals surface area (Å²) < 4.78 is 17.1. The maximum atomic E-state index is 12.7. The fourth-order valence-corrected chi connectivity index (χ4v) is 3.61. The number of nitrogens with zero attached hydrogens (tertiary/aromatic N) is 1. The molecule has 166 valence electrons. The van der Waals surface area contributed by atoms with Crippen LogP contribution in [-0.4, -0.2) is 31.3 Å².